The van der Waals surface area contributed by atoms with Crippen LogP contribution in [0.1, 0.15) is 0 Å². The average molecular weight is 285 g/mol. The lowest BCUT2D eigenvalue weighted by Crippen LogP contribution is -2.40. The topological polar surface area (TPSA) is 68.2 Å². The van der Waals surface area contributed by atoms with Gasteiger partial charge in [-0.1, -0.05) is 0 Å². The van der Waals surface area contributed by atoms with E-state index in [0.717, 1.165) is 0 Å². The number of alkyl halides is 3. The molecule has 0 saturated carbocycles. The van der Waals surface area contributed by atoms with Gasteiger partial charge in [-0.3, -0.25) is 5.01 Å². The van der Waals surface area contributed by atoms with Crippen molar-refractivity contribution < 1.29 is 13.2 Å². The molecule has 4 N–H and O–H groups in total. The summed E-state index contributed by atoms with van der Waals surface area (Å²) in [5.74, 6) is 5.09. The molecule has 0 aliphatic carbocycles. The van der Waals surface area contributed by atoms with Gasteiger partial charge in [0.15, 0.2) is 5.82 Å². The first kappa shape index (κ1) is 12.1. The van der Waals surface area contributed by atoms with Crippen molar-refractivity contribution in [2.75, 3.05) is 17.3 Å². The predicted octanol–water partition coefficient (Wildman–Crippen LogP) is 1.67. The van der Waals surface area contributed by atoms with Crippen LogP contribution < -0.4 is 16.6 Å². The number of halogens is 4. The van der Waals surface area contributed by atoms with Crippen molar-refractivity contribution in [3.05, 3.63) is 16.7 Å². The maximum atomic E-state index is 12.0. The van der Waals surface area contributed by atoms with Crippen LogP contribution in [-0.4, -0.2) is 17.7 Å². The number of rotatable bonds is 2. The minimum absolute atomic E-state index is 0.0879. The molecular formula is C7H8BrF3N4. The Morgan fingerprint density at radius 2 is 2.00 bits per heavy atom. The van der Waals surface area contributed by atoms with Crippen LogP contribution in [-0.2, 0) is 0 Å². The highest BCUT2D eigenvalue weighted by molar-refractivity contribution is 9.10. The Kier molecular flexibility index (Phi) is 3.40. The molecule has 8 heteroatoms. The molecule has 15 heavy (non-hydrogen) atoms. The van der Waals surface area contributed by atoms with E-state index in [4.69, 9.17) is 11.6 Å². The summed E-state index contributed by atoms with van der Waals surface area (Å²) < 4.78 is 36.4. The van der Waals surface area contributed by atoms with E-state index in [1.165, 1.54) is 12.1 Å². The van der Waals surface area contributed by atoms with Gasteiger partial charge < -0.3 is 5.73 Å². The van der Waals surface area contributed by atoms with E-state index in [0.29, 0.717) is 9.61 Å². The SMILES string of the molecule is Nc1ccc(Br)nc1N(N)CC(F)(F)F. The Hall–Kier alpha value is -1.02. The van der Waals surface area contributed by atoms with Gasteiger partial charge in [-0.05, 0) is 28.1 Å². The van der Waals surface area contributed by atoms with Crippen molar-refractivity contribution in [1.82, 2.24) is 4.98 Å². The van der Waals surface area contributed by atoms with Gasteiger partial charge in [-0.2, -0.15) is 13.2 Å². The van der Waals surface area contributed by atoms with Gasteiger partial charge in [-0.25, -0.2) is 10.8 Å². The Morgan fingerprint density at radius 1 is 1.40 bits per heavy atom. The molecule has 0 aromatic carbocycles. The number of nitrogens with zero attached hydrogens (tertiary/aromatic N) is 2. The zero-order valence-corrected chi connectivity index (χ0v) is 9.01. The van der Waals surface area contributed by atoms with Crippen molar-refractivity contribution in [1.29, 1.82) is 0 Å². The normalized spacial score (nSPS) is 11.5. The Morgan fingerprint density at radius 3 is 2.53 bits per heavy atom. The van der Waals surface area contributed by atoms with Crippen LogP contribution in [0, 0.1) is 0 Å². The number of pyridine rings is 1. The second-order valence-electron chi connectivity index (χ2n) is 2.79. The fraction of sp³-hybridized carbons (Fsp3) is 0.286. The van der Waals surface area contributed by atoms with Crippen LogP contribution in [0.4, 0.5) is 24.7 Å². The molecule has 0 aliphatic heterocycles. The van der Waals surface area contributed by atoms with Crippen molar-refractivity contribution in [3.8, 4) is 0 Å². The lowest BCUT2D eigenvalue weighted by molar-refractivity contribution is -0.119. The highest BCUT2D eigenvalue weighted by Gasteiger charge is 2.31. The van der Waals surface area contributed by atoms with E-state index < -0.39 is 12.7 Å². The average Bonchev–Trinajstić information content (AvgIpc) is 2.06. The second kappa shape index (κ2) is 4.23. The fourth-order valence-electron chi connectivity index (χ4n) is 0.934. The van der Waals surface area contributed by atoms with E-state index in [-0.39, 0.29) is 11.5 Å². The summed E-state index contributed by atoms with van der Waals surface area (Å²) in [6.45, 7) is -1.30. The van der Waals surface area contributed by atoms with Crippen molar-refractivity contribution in [2.45, 2.75) is 6.18 Å². The first-order valence-corrected chi connectivity index (χ1v) is 4.60. The molecule has 84 valence electrons. The lowest BCUT2D eigenvalue weighted by Gasteiger charge is -2.20. The summed E-state index contributed by atoms with van der Waals surface area (Å²) in [5.41, 5.74) is 5.52. The summed E-state index contributed by atoms with van der Waals surface area (Å²) in [4.78, 5) is 3.75. The second-order valence-corrected chi connectivity index (χ2v) is 3.60. The summed E-state index contributed by atoms with van der Waals surface area (Å²) in [6.07, 6.45) is -4.40. The molecule has 0 unspecified atom stereocenters. The highest BCUT2D eigenvalue weighted by atomic mass is 79.9. The molecular weight excluding hydrogens is 277 g/mol. The van der Waals surface area contributed by atoms with Gasteiger partial charge in [0.25, 0.3) is 0 Å². The molecule has 0 fully saturated rings. The van der Waals surface area contributed by atoms with Gasteiger partial charge in [0, 0.05) is 0 Å². The molecule has 1 heterocycles. The van der Waals surface area contributed by atoms with Crippen molar-refractivity contribution in [2.24, 2.45) is 5.84 Å². The van der Waals surface area contributed by atoms with Gasteiger partial charge in [0.2, 0.25) is 0 Å². The summed E-state index contributed by atoms with van der Waals surface area (Å²) in [5, 5.41) is 0.458. The van der Waals surface area contributed by atoms with Crippen LogP contribution in [0.25, 0.3) is 0 Å². The first-order valence-electron chi connectivity index (χ1n) is 3.80. The maximum absolute atomic E-state index is 12.0. The van der Waals surface area contributed by atoms with Crippen LogP contribution in [0.15, 0.2) is 16.7 Å². The Bertz CT molecular complexity index is 355. The summed E-state index contributed by atoms with van der Waals surface area (Å²) in [7, 11) is 0. The molecule has 0 saturated heterocycles. The van der Waals surface area contributed by atoms with Gasteiger partial charge in [0.05, 0.1) is 5.69 Å². The van der Waals surface area contributed by atoms with Crippen molar-refractivity contribution in [3.63, 3.8) is 0 Å². The zero-order chi connectivity index (χ0) is 11.6. The maximum Gasteiger partial charge on any atom is 0.407 e. The van der Waals surface area contributed by atoms with Gasteiger partial charge in [0.1, 0.15) is 11.1 Å². The molecule has 4 nitrogen and oxygen atoms in total. The number of hydrogen-bond acceptors (Lipinski definition) is 4. The van der Waals surface area contributed by atoms with Gasteiger partial charge >= 0.3 is 6.18 Å². The van der Waals surface area contributed by atoms with E-state index in [1.807, 2.05) is 0 Å². The molecule has 0 radical (unpaired) electrons. The first-order chi connectivity index (χ1) is 6.79. The van der Waals surface area contributed by atoms with E-state index >= 15 is 0 Å². The third-order valence-corrected chi connectivity index (χ3v) is 1.93. The molecule has 0 amide bonds. The zero-order valence-electron chi connectivity index (χ0n) is 7.42. The van der Waals surface area contributed by atoms with E-state index in [1.54, 1.807) is 0 Å². The van der Waals surface area contributed by atoms with Crippen LogP contribution in [0.2, 0.25) is 0 Å². The number of hydrazine groups is 1. The monoisotopic (exact) mass is 284 g/mol. The number of nitrogen functional groups attached to an aromatic ring is 1. The number of nitrogens with two attached hydrogens (primary N) is 2. The molecule has 0 bridgehead atoms. The molecule has 0 atom stereocenters. The molecule has 1 aromatic heterocycles. The van der Waals surface area contributed by atoms with Crippen LogP contribution >= 0.6 is 15.9 Å². The van der Waals surface area contributed by atoms with Crippen LogP contribution in [0.3, 0.4) is 0 Å². The molecule has 1 aromatic rings. The van der Waals surface area contributed by atoms with E-state index in [9.17, 15) is 13.2 Å². The third kappa shape index (κ3) is 3.56. The quantitative estimate of drug-likeness (QED) is 0.492. The van der Waals surface area contributed by atoms with Crippen molar-refractivity contribution >= 4 is 27.4 Å². The van der Waals surface area contributed by atoms with Crippen LogP contribution in [0.5, 0.6) is 0 Å². The number of aromatic nitrogens is 1. The summed E-state index contributed by atoms with van der Waals surface area (Å²) in [6, 6.07) is 2.93. The third-order valence-electron chi connectivity index (χ3n) is 1.49. The Balaban J connectivity index is 2.90. The van der Waals surface area contributed by atoms with Gasteiger partial charge in [-0.15, -0.1) is 0 Å². The smallest absolute Gasteiger partial charge is 0.396 e. The summed E-state index contributed by atoms with van der Waals surface area (Å²) >= 11 is 3.01. The predicted molar refractivity (Wildman–Crippen MR) is 53.9 cm³/mol. The Labute approximate surface area is 92.2 Å². The molecule has 0 aliphatic rings. The number of anilines is 2. The molecule has 1 rings (SSSR count). The largest absolute Gasteiger partial charge is 0.407 e. The lowest BCUT2D eigenvalue weighted by atomic mass is 10.4. The highest BCUT2D eigenvalue weighted by Crippen LogP contribution is 2.24. The minimum atomic E-state index is -4.40. The standard InChI is InChI=1S/C7H8BrF3N4/c8-5-2-1-4(12)6(14-5)15(13)3-7(9,10)11/h1-2H,3,12-13H2. The van der Waals surface area contributed by atoms with E-state index in [2.05, 4.69) is 20.9 Å². The molecule has 0 spiro atoms. The fourth-order valence-corrected chi connectivity index (χ4v) is 1.23. The minimum Gasteiger partial charge on any atom is -0.396 e. The number of hydrogen-bond donors (Lipinski definition) is 2.